The van der Waals surface area contributed by atoms with Gasteiger partial charge in [0.25, 0.3) is 0 Å². The van der Waals surface area contributed by atoms with Crippen molar-refractivity contribution in [2.24, 2.45) is 0 Å². The SMILES string of the molecule is CSc1ccccc1-c1cnc(CCCNC2CC2)o1. The van der Waals surface area contributed by atoms with Gasteiger partial charge in [0, 0.05) is 22.9 Å². The summed E-state index contributed by atoms with van der Waals surface area (Å²) in [6.07, 6.45) is 8.60. The summed E-state index contributed by atoms with van der Waals surface area (Å²) in [6.45, 7) is 1.06. The fourth-order valence-electron chi connectivity index (χ4n) is 2.23. The van der Waals surface area contributed by atoms with Gasteiger partial charge in [-0.3, -0.25) is 0 Å². The van der Waals surface area contributed by atoms with E-state index in [1.165, 1.54) is 17.7 Å². The molecule has 1 aliphatic rings. The van der Waals surface area contributed by atoms with Crippen molar-refractivity contribution >= 4 is 11.8 Å². The molecule has 106 valence electrons. The van der Waals surface area contributed by atoms with E-state index in [0.717, 1.165) is 42.6 Å². The van der Waals surface area contributed by atoms with Crippen LogP contribution in [0.3, 0.4) is 0 Å². The summed E-state index contributed by atoms with van der Waals surface area (Å²) < 4.78 is 5.88. The van der Waals surface area contributed by atoms with E-state index in [-0.39, 0.29) is 0 Å². The fraction of sp³-hybridized carbons (Fsp3) is 0.438. The van der Waals surface area contributed by atoms with Crippen molar-refractivity contribution < 1.29 is 4.42 Å². The largest absolute Gasteiger partial charge is 0.441 e. The summed E-state index contributed by atoms with van der Waals surface area (Å²) >= 11 is 1.73. The summed E-state index contributed by atoms with van der Waals surface area (Å²) in [5.74, 6) is 1.72. The molecule has 0 amide bonds. The molecule has 4 heteroatoms. The van der Waals surface area contributed by atoms with Crippen molar-refractivity contribution in [2.75, 3.05) is 12.8 Å². The molecule has 1 aromatic carbocycles. The molecule has 0 radical (unpaired) electrons. The molecule has 2 aromatic rings. The lowest BCUT2D eigenvalue weighted by molar-refractivity contribution is 0.490. The van der Waals surface area contributed by atoms with Crippen molar-refractivity contribution in [1.29, 1.82) is 0 Å². The molecule has 3 nitrogen and oxygen atoms in total. The van der Waals surface area contributed by atoms with Gasteiger partial charge >= 0.3 is 0 Å². The predicted octanol–water partition coefficient (Wildman–Crippen LogP) is 3.75. The summed E-state index contributed by atoms with van der Waals surface area (Å²) in [5.41, 5.74) is 1.13. The summed E-state index contributed by atoms with van der Waals surface area (Å²) in [7, 11) is 0. The molecule has 0 unspecified atom stereocenters. The minimum absolute atomic E-state index is 0.781. The minimum atomic E-state index is 0.781. The number of thioether (sulfide) groups is 1. The maximum absolute atomic E-state index is 5.88. The number of oxazole rings is 1. The first-order chi connectivity index (χ1) is 9.86. The van der Waals surface area contributed by atoms with Crippen molar-refractivity contribution in [1.82, 2.24) is 10.3 Å². The first kappa shape index (κ1) is 13.7. The molecule has 1 saturated carbocycles. The molecule has 0 bridgehead atoms. The maximum atomic E-state index is 5.88. The van der Waals surface area contributed by atoms with Gasteiger partial charge in [-0.05, 0) is 38.1 Å². The fourth-order valence-corrected chi connectivity index (χ4v) is 2.84. The van der Waals surface area contributed by atoms with Gasteiger partial charge in [-0.2, -0.15) is 0 Å². The minimum Gasteiger partial charge on any atom is -0.441 e. The van der Waals surface area contributed by atoms with Crippen molar-refractivity contribution in [3.63, 3.8) is 0 Å². The third kappa shape index (κ3) is 3.44. The second-order valence-electron chi connectivity index (χ2n) is 5.15. The molecule has 1 heterocycles. The number of benzene rings is 1. The van der Waals surface area contributed by atoms with Crippen LogP contribution in [0.2, 0.25) is 0 Å². The third-order valence-electron chi connectivity index (χ3n) is 3.50. The molecule has 0 spiro atoms. The first-order valence-electron chi connectivity index (χ1n) is 7.18. The van der Waals surface area contributed by atoms with E-state index in [2.05, 4.69) is 34.8 Å². The van der Waals surface area contributed by atoms with Crippen LogP contribution in [0, 0.1) is 0 Å². The zero-order valence-corrected chi connectivity index (χ0v) is 12.6. The Kier molecular flexibility index (Phi) is 4.43. The van der Waals surface area contributed by atoms with Gasteiger partial charge in [-0.1, -0.05) is 18.2 Å². The first-order valence-corrected chi connectivity index (χ1v) is 8.41. The van der Waals surface area contributed by atoms with Gasteiger partial charge < -0.3 is 9.73 Å². The molecule has 1 fully saturated rings. The number of hydrogen-bond acceptors (Lipinski definition) is 4. The van der Waals surface area contributed by atoms with E-state index in [1.54, 1.807) is 11.8 Å². The quantitative estimate of drug-likeness (QED) is 0.622. The monoisotopic (exact) mass is 288 g/mol. The van der Waals surface area contributed by atoms with E-state index < -0.39 is 0 Å². The van der Waals surface area contributed by atoms with Crippen LogP contribution in [0.15, 0.2) is 39.8 Å². The number of nitrogens with one attached hydrogen (secondary N) is 1. The van der Waals surface area contributed by atoms with Crippen LogP contribution in [0.4, 0.5) is 0 Å². The lowest BCUT2D eigenvalue weighted by Crippen LogP contribution is -2.17. The van der Waals surface area contributed by atoms with Crippen LogP contribution < -0.4 is 5.32 Å². The molecule has 3 rings (SSSR count). The predicted molar refractivity (Wildman–Crippen MR) is 83.1 cm³/mol. The Bertz CT molecular complexity index is 563. The zero-order valence-electron chi connectivity index (χ0n) is 11.8. The maximum Gasteiger partial charge on any atom is 0.194 e. The number of rotatable bonds is 7. The van der Waals surface area contributed by atoms with E-state index in [0.29, 0.717) is 0 Å². The molecule has 0 atom stereocenters. The molecule has 0 aliphatic heterocycles. The van der Waals surface area contributed by atoms with Crippen LogP contribution in [0.25, 0.3) is 11.3 Å². The van der Waals surface area contributed by atoms with Crippen molar-refractivity contribution in [3.05, 3.63) is 36.4 Å². The van der Waals surface area contributed by atoms with E-state index >= 15 is 0 Å². The van der Waals surface area contributed by atoms with Gasteiger partial charge in [0.2, 0.25) is 0 Å². The average Bonchev–Trinajstić information content (AvgIpc) is 3.20. The molecular weight excluding hydrogens is 268 g/mol. The Morgan fingerprint density at radius 1 is 1.35 bits per heavy atom. The van der Waals surface area contributed by atoms with Crippen LogP contribution in [0.1, 0.15) is 25.2 Å². The van der Waals surface area contributed by atoms with E-state index in [9.17, 15) is 0 Å². The topological polar surface area (TPSA) is 38.1 Å². The Balaban J connectivity index is 1.60. The normalized spacial score (nSPS) is 14.7. The lowest BCUT2D eigenvalue weighted by atomic mass is 10.2. The summed E-state index contributed by atoms with van der Waals surface area (Å²) in [4.78, 5) is 5.62. The van der Waals surface area contributed by atoms with E-state index in [4.69, 9.17) is 4.42 Å². The smallest absolute Gasteiger partial charge is 0.194 e. The third-order valence-corrected chi connectivity index (χ3v) is 4.30. The number of aromatic nitrogens is 1. The Morgan fingerprint density at radius 3 is 3.00 bits per heavy atom. The molecule has 1 aromatic heterocycles. The van der Waals surface area contributed by atoms with Gasteiger partial charge in [-0.15, -0.1) is 11.8 Å². The highest BCUT2D eigenvalue weighted by atomic mass is 32.2. The van der Waals surface area contributed by atoms with Gasteiger partial charge in [0.05, 0.1) is 6.20 Å². The second kappa shape index (κ2) is 6.46. The molecule has 20 heavy (non-hydrogen) atoms. The summed E-state index contributed by atoms with van der Waals surface area (Å²) in [5, 5.41) is 3.51. The standard InChI is InChI=1S/C16H20N2OS/c1-20-15-6-3-2-5-13(15)14-11-18-16(19-14)7-4-10-17-12-8-9-12/h2-3,5-6,11-12,17H,4,7-10H2,1H3. The van der Waals surface area contributed by atoms with Crippen LogP contribution in [-0.2, 0) is 6.42 Å². The van der Waals surface area contributed by atoms with E-state index in [1.807, 2.05) is 12.3 Å². The molecular formula is C16H20N2OS. The highest BCUT2D eigenvalue weighted by Gasteiger charge is 2.19. The summed E-state index contributed by atoms with van der Waals surface area (Å²) in [6, 6.07) is 9.07. The second-order valence-corrected chi connectivity index (χ2v) is 6.00. The highest BCUT2D eigenvalue weighted by molar-refractivity contribution is 7.98. The zero-order chi connectivity index (χ0) is 13.8. The van der Waals surface area contributed by atoms with Gasteiger partial charge in [-0.25, -0.2) is 4.98 Å². The van der Waals surface area contributed by atoms with Gasteiger partial charge in [0.15, 0.2) is 11.7 Å². The highest BCUT2D eigenvalue weighted by Crippen LogP contribution is 2.30. The van der Waals surface area contributed by atoms with Gasteiger partial charge in [0.1, 0.15) is 0 Å². The van der Waals surface area contributed by atoms with Crippen molar-refractivity contribution in [3.8, 4) is 11.3 Å². The Labute approximate surface area is 124 Å². The number of hydrogen-bond donors (Lipinski definition) is 1. The molecule has 1 N–H and O–H groups in total. The van der Waals surface area contributed by atoms with Crippen LogP contribution in [0.5, 0.6) is 0 Å². The lowest BCUT2D eigenvalue weighted by Gasteiger charge is -2.03. The molecule has 1 aliphatic carbocycles. The Morgan fingerprint density at radius 2 is 2.20 bits per heavy atom. The van der Waals surface area contributed by atoms with Crippen LogP contribution in [-0.4, -0.2) is 23.8 Å². The average molecular weight is 288 g/mol. The number of nitrogens with zero attached hydrogens (tertiary/aromatic N) is 1. The molecule has 0 saturated heterocycles. The Hall–Kier alpha value is -1.26. The number of aryl methyl sites for hydroxylation is 1. The van der Waals surface area contributed by atoms with Crippen LogP contribution >= 0.6 is 11.8 Å². The van der Waals surface area contributed by atoms with Crippen molar-refractivity contribution in [2.45, 2.75) is 36.6 Å².